The molecular weight excluding hydrogens is 442 g/mol. The molecule has 2 aromatic rings. The van der Waals surface area contributed by atoms with Gasteiger partial charge in [-0.05, 0) is 61.9 Å². The predicted octanol–water partition coefficient (Wildman–Crippen LogP) is 2.17. The number of hydrogen-bond acceptors (Lipinski definition) is 7. The zero-order valence-corrected chi connectivity index (χ0v) is 19.2. The van der Waals surface area contributed by atoms with Gasteiger partial charge >= 0.3 is 0 Å². The molecule has 0 atom stereocenters. The van der Waals surface area contributed by atoms with E-state index in [1.165, 1.54) is 12.1 Å². The van der Waals surface area contributed by atoms with Crippen molar-refractivity contribution in [2.45, 2.75) is 13.3 Å². The van der Waals surface area contributed by atoms with Gasteiger partial charge < -0.3 is 32.3 Å². The second-order valence-corrected chi connectivity index (χ2v) is 8.06. The summed E-state index contributed by atoms with van der Waals surface area (Å²) in [5.41, 5.74) is 13.4. The topological polar surface area (TPSA) is 138 Å². The predicted molar refractivity (Wildman–Crippen MR) is 131 cm³/mol. The van der Waals surface area contributed by atoms with E-state index in [4.69, 9.17) is 23.1 Å². The third kappa shape index (κ3) is 6.96. The Morgan fingerprint density at radius 1 is 1.12 bits per heavy atom. The van der Waals surface area contributed by atoms with Crippen LogP contribution in [0.5, 0.6) is 0 Å². The highest BCUT2D eigenvalue weighted by molar-refractivity contribution is 6.31. The zero-order chi connectivity index (χ0) is 23.8. The second kappa shape index (κ2) is 11.3. The van der Waals surface area contributed by atoms with Gasteiger partial charge in [-0.25, -0.2) is 4.98 Å². The lowest BCUT2D eigenvalue weighted by molar-refractivity contribution is -0.112. The van der Waals surface area contributed by atoms with Crippen molar-refractivity contribution in [2.24, 2.45) is 11.5 Å². The van der Waals surface area contributed by atoms with Crippen LogP contribution < -0.4 is 27.4 Å². The Bertz CT molecular complexity index is 1060. The molecule has 0 saturated carbocycles. The molecule has 1 aromatic carbocycles. The molecular formula is C23H28ClN7O2. The fourth-order valence-electron chi connectivity index (χ4n) is 3.19. The van der Waals surface area contributed by atoms with Crippen LogP contribution in [0, 0.1) is 6.92 Å². The van der Waals surface area contributed by atoms with E-state index < -0.39 is 11.8 Å². The number of aromatic nitrogens is 1. The number of carbonyl (C=O) groups is 2. The lowest BCUT2D eigenvalue weighted by Gasteiger charge is -2.21. The molecule has 3 rings (SSSR count). The summed E-state index contributed by atoms with van der Waals surface area (Å²) < 4.78 is 0. The van der Waals surface area contributed by atoms with Crippen molar-refractivity contribution in [3.8, 4) is 0 Å². The van der Waals surface area contributed by atoms with Gasteiger partial charge in [-0.3, -0.25) is 9.59 Å². The number of anilines is 2. The van der Waals surface area contributed by atoms with Crippen LogP contribution in [-0.4, -0.2) is 47.9 Å². The lowest BCUT2D eigenvalue weighted by Crippen LogP contribution is -2.31. The average molecular weight is 470 g/mol. The van der Waals surface area contributed by atoms with Crippen LogP contribution in [0.4, 0.5) is 11.5 Å². The minimum absolute atomic E-state index is 0.0487. The van der Waals surface area contributed by atoms with Crippen LogP contribution in [0.25, 0.3) is 0 Å². The van der Waals surface area contributed by atoms with Crippen molar-refractivity contribution in [2.75, 3.05) is 36.8 Å². The van der Waals surface area contributed by atoms with Gasteiger partial charge in [0.1, 0.15) is 5.82 Å². The van der Waals surface area contributed by atoms with E-state index in [1.807, 2.05) is 17.9 Å². The number of nitrogens with two attached hydrogens (primary N) is 2. The van der Waals surface area contributed by atoms with Gasteiger partial charge in [-0.1, -0.05) is 17.7 Å². The van der Waals surface area contributed by atoms with Crippen LogP contribution in [0.15, 0.2) is 60.2 Å². The first kappa shape index (κ1) is 24.1. The minimum Gasteiger partial charge on any atom is -0.394 e. The molecule has 1 saturated heterocycles. The largest absolute Gasteiger partial charge is 0.394 e. The summed E-state index contributed by atoms with van der Waals surface area (Å²) in [7, 11) is 0. The number of carbonyl (C=O) groups excluding carboxylic acids is 2. The summed E-state index contributed by atoms with van der Waals surface area (Å²) in [4.78, 5) is 31.6. The fourth-order valence-corrected chi connectivity index (χ4v) is 3.37. The Hall–Kier alpha value is -3.56. The minimum atomic E-state index is -0.568. The number of aryl methyl sites for hydroxylation is 1. The Morgan fingerprint density at radius 3 is 2.70 bits per heavy atom. The number of halogens is 1. The molecule has 10 heteroatoms. The van der Waals surface area contributed by atoms with E-state index in [-0.39, 0.29) is 16.9 Å². The Morgan fingerprint density at radius 2 is 1.94 bits per heavy atom. The number of benzene rings is 1. The van der Waals surface area contributed by atoms with Gasteiger partial charge in [-0.2, -0.15) is 0 Å². The third-order valence-electron chi connectivity index (χ3n) is 5.03. The van der Waals surface area contributed by atoms with Crippen molar-refractivity contribution >= 4 is 34.9 Å². The number of nitrogens with one attached hydrogen (secondary N) is 3. The molecule has 33 heavy (non-hydrogen) atoms. The monoisotopic (exact) mass is 469 g/mol. The summed E-state index contributed by atoms with van der Waals surface area (Å²) in [6.07, 6.45) is 5.69. The van der Waals surface area contributed by atoms with Gasteiger partial charge in [-0.15, -0.1) is 0 Å². The highest BCUT2D eigenvalue weighted by Gasteiger charge is 2.16. The van der Waals surface area contributed by atoms with E-state index in [2.05, 4.69) is 20.9 Å². The highest BCUT2D eigenvalue weighted by atomic mass is 35.5. The number of allylic oxidation sites excluding steroid dienone is 2. The molecule has 1 fully saturated rings. The van der Waals surface area contributed by atoms with E-state index in [0.717, 1.165) is 38.2 Å². The molecule has 0 bridgehead atoms. The van der Waals surface area contributed by atoms with Crippen LogP contribution in [0.2, 0.25) is 5.02 Å². The molecule has 0 aliphatic carbocycles. The second-order valence-electron chi connectivity index (χ2n) is 7.62. The Balaban J connectivity index is 1.72. The van der Waals surface area contributed by atoms with E-state index in [0.29, 0.717) is 16.7 Å². The first-order valence-electron chi connectivity index (χ1n) is 10.6. The van der Waals surface area contributed by atoms with Gasteiger partial charge in [0.05, 0.1) is 22.8 Å². The van der Waals surface area contributed by atoms with Crippen molar-refractivity contribution in [3.63, 3.8) is 0 Å². The van der Waals surface area contributed by atoms with Gasteiger partial charge in [0.2, 0.25) is 0 Å². The summed E-state index contributed by atoms with van der Waals surface area (Å²) in [6, 6.07) is 8.10. The number of hydrogen-bond donors (Lipinski definition) is 5. The average Bonchev–Trinajstić information content (AvgIpc) is 3.09. The zero-order valence-electron chi connectivity index (χ0n) is 18.4. The summed E-state index contributed by atoms with van der Waals surface area (Å²) in [5.74, 6) is -0.120. The smallest absolute Gasteiger partial charge is 0.271 e. The number of amides is 2. The molecule has 1 aliphatic rings. The SMILES string of the molecule is Cc1ccc(NC(=O)c2cc(Cl)ccc2NC(=O)/C(N)=C/C=C(\N)N2CCCNCC2)nc1. The standard InChI is InChI=1S/C23H28ClN7O2/c1-15-3-8-21(28-14-15)30-22(32)17-13-16(24)4-6-19(17)29-23(33)18(25)5-7-20(26)31-11-2-9-27-10-12-31/h3-8,13-14,27H,2,9-12,25-26H2,1H3,(H,29,33)(H,28,30,32)/b18-5-,20-7+. The first-order valence-corrected chi connectivity index (χ1v) is 10.9. The van der Waals surface area contributed by atoms with E-state index >= 15 is 0 Å². The normalized spacial score (nSPS) is 15.0. The molecule has 174 valence electrons. The summed E-state index contributed by atoms with van der Waals surface area (Å²) >= 11 is 6.08. The Labute approximate surface area is 197 Å². The molecule has 1 aliphatic heterocycles. The van der Waals surface area contributed by atoms with E-state index in [1.54, 1.807) is 30.5 Å². The van der Waals surface area contributed by atoms with E-state index in [9.17, 15) is 9.59 Å². The third-order valence-corrected chi connectivity index (χ3v) is 5.26. The highest BCUT2D eigenvalue weighted by Crippen LogP contribution is 2.22. The summed E-state index contributed by atoms with van der Waals surface area (Å²) in [6.45, 7) is 5.29. The molecule has 1 aromatic heterocycles. The molecule has 9 nitrogen and oxygen atoms in total. The molecule has 0 spiro atoms. The molecule has 0 radical (unpaired) electrons. The van der Waals surface area contributed by atoms with Crippen LogP contribution in [-0.2, 0) is 4.79 Å². The lowest BCUT2D eigenvalue weighted by atomic mass is 10.1. The molecule has 2 amide bonds. The fraction of sp³-hybridized carbons (Fsp3) is 0.261. The van der Waals surface area contributed by atoms with Crippen molar-refractivity contribution < 1.29 is 9.59 Å². The van der Waals surface area contributed by atoms with Gasteiger partial charge in [0.25, 0.3) is 11.8 Å². The summed E-state index contributed by atoms with van der Waals surface area (Å²) in [5, 5.41) is 9.01. The maximum atomic E-state index is 12.8. The van der Waals surface area contributed by atoms with Crippen LogP contribution in [0.3, 0.4) is 0 Å². The number of nitrogens with zero attached hydrogens (tertiary/aromatic N) is 2. The maximum Gasteiger partial charge on any atom is 0.271 e. The van der Waals surface area contributed by atoms with Gasteiger partial charge in [0.15, 0.2) is 0 Å². The Kier molecular flexibility index (Phi) is 8.28. The first-order chi connectivity index (χ1) is 15.8. The number of pyridine rings is 1. The molecule has 7 N–H and O–H groups in total. The van der Waals surface area contributed by atoms with Crippen LogP contribution >= 0.6 is 11.6 Å². The van der Waals surface area contributed by atoms with Crippen molar-refractivity contribution in [3.05, 3.63) is 76.3 Å². The quantitative estimate of drug-likeness (QED) is 0.323. The van der Waals surface area contributed by atoms with Gasteiger partial charge in [0, 0.05) is 30.9 Å². The van der Waals surface area contributed by atoms with Crippen molar-refractivity contribution in [1.82, 2.24) is 15.2 Å². The molecule has 0 unspecified atom stereocenters. The maximum absolute atomic E-state index is 12.8. The number of rotatable bonds is 6. The van der Waals surface area contributed by atoms with Crippen molar-refractivity contribution in [1.29, 1.82) is 0 Å². The molecule has 2 heterocycles. The van der Waals surface area contributed by atoms with Crippen LogP contribution in [0.1, 0.15) is 22.3 Å².